The number of hydrogen-bond acceptors (Lipinski definition) is 1. The predicted molar refractivity (Wildman–Crippen MR) is 80.9 cm³/mol. The van der Waals surface area contributed by atoms with Crippen LogP contribution in [0.3, 0.4) is 0 Å². The standard InChI is InChI=1S/C16H21BrFN/c1-10-7-15(18)14(17)9-16(10)19-13-4-2-3-12(8-13)11-5-6-11/h7,9,11-13,19H,2-6,8H2,1H3. The number of aryl methyl sites for hydroxylation is 1. The van der Waals surface area contributed by atoms with E-state index < -0.39 is 0 Å². The minimum atomic E-state index is -0.178. The third kappa shape index (κ3) is 3.13. The maximum Gasteiger partial charge on any atom is 0.137 e. The van der Waals surface area contributed by atoms with E-state index >= 15 is 0 Å². The van der Waals surface area contributed by atoms with Crippen LogP contribution in [0.2, 0.25) is 0 Å². The molecule has 0 saturated heterocycles. The van der Waals surface area contributed by atoms with Crippen molar-refractivity contribution in [2.45, 2.75) is 51.5 Å². The molecule has 2 aliphatic rings. The molecule has 104 valence electrons. The fourth-order valence-electron chi connectivity index (χ4n) is 3.38. The highest BCUT2D eigenvalue weighted by molar-refractivity contribution is 9.10. The van der Waals surface area contributed by atoms with Crippen molar-refractivity contribution in [3.63, 3.8) is 0 Å². The molecule has 2 aliphatic carbocycles. The Balaban J connectivity index is 1.68. The highest BCUT2D eigenvalue weighted by Gasteiger charge is 2.34. The summed E-state index contributed by atoms with van der Waals surface area (Å²) >= 11 is 3.28. The largest absolute Gasteiger partial charge is 0.382 e. The quantitative estimate of drug-likeness (QED) is 0.797. The average Bonchev–Trinajstić information content (AvgIpc) is 3.20. The maximum absolute atomic E-state index is 13.4. The van der Waals surface area contributed by atoms with Crippen molar-refractivity contribution in [1.29, 1.82) is 0 Å². The van der Waals surface area contributed by atoms with E-state index in [1.165, 1.54) is 38.5 Å². The molecule has 19 heavy (non-hydrogen) atoms. The molecule has 2 unspecified atom stereocenters. The van der Waals surface area contributed by atoms with Gasteiger partial charge in [0, 0.05) is 11.7 Å². The lowest BCUT2D eigenvalue weighted by atomic mass is 9.82. The minimum absolute atomic E-state index is 0.178. The maximum atomic E-state index is 13.4. The molecule has 0 amide bonds. The van der Waals surface area contributed by atoms with Crippen molar-refractivity contribution in [3.05, 3.63) is 28.0 Å². The Morgan fingerprint density at radius 2 is 1.95 bits per heavy atom. The van der Waals surface area contributed by atoms with Gasteiger partial charge in [0.2, 0.25) is 0 Å². The summed E-state index contributed by atoms with van der Waals surface area (Å²) < 4.78 is 14.0. The molecular weight excluding hydrogens is 305 g/mol. The van der Waals surface area contributed by atoms with Crippen LogP contribution in [0.4, 0.5) is 10.1 Å². The van der Waals surface area contributed by atoms with Crippen molar-refractivity contribution in [2.75, 3.05) is 5.32 Å². The molecule has 1 N–H and O–H groups in total. The van der Waals surface area contributed by atoms with Gasteiger partial charge in [-0.3, -0.25) is 0 Å². The molecule has 0 spiro atoms. The summed E-state index contributed by atoms with van der Waals surface area (Å²) in [5.41, 5.74) is 2.07. The van der Waals surface area contributed by atoms with Gasteiger partial charge < -0.3 is 5.32 Å². The fourth-order valence-corrected chi connectivity index (χ4v) is 3.72. The minimum Gasteiger partial charge on any atom is -0.382 e. The molecule has 0 radical (unpaired) electrons. The molecule has 2 atom stereocenters. The Kier molecular flexibility index (Phi) is 3.84. The SMILES string of the molecule is Cc1cc(F)c(Br)cc1NC1CCCC(C2CC2)C1. The molecule has 0 heterocycles. The summed E-state index contributed by atoms with van der Waals surface area (Å²) in [6.45, 7) is 1.97. The Morgan fingerprint density at radius 1 is 1.16 bits per heavy atom. The van der Waals surface area contributed by atoms with Gasteiger partial charge in [-0.25, -0.2) is 4.39 Å². The zero-order valence-electron chi connectivity index (χ0n) is 11.4. The molecule has 0 aliphatic heterocycles. The molecule has 2 saturated carbocycles. The van der Waals surface area contributed by atoms with Crippen LogP contribution in [0.1, 0.15) is 44.1 Å². The van der Waals surface area contributed by atoms with E-state index in [4.69, 9.17) is 0 Å². The Hall–Kier alpha value is -0.570. The van der Waals surface area contributed by atoms with Crippen molar-refractivity contribution in [2.24, 2.45) is 11.8 Å². The summed E-state index contributed by atoms with van der Waals surface area (Å²) in [6.07, 6.45) is 8.17. The average molecular weight is 326 g/mol. The first-order chi connectivity index (χ1) is 9.13. The smallest absolute Gasteiger partial charge is 0.137 e. The summed E-state index contributed by atoms with van der Waals surface area (Å²) in [7, 11) is 0. The van der Waals surface area contributed by atoms with E-state index in [9.17, 15) is 4.39 Å². The summed E-state index contributed by atoms with van der Waals surface area (Å²) in [5.74, 6) is 1.75. The molecule has 2 fully saturated rings. The second-order valence-corrected chi connectivity index (χ2v) is 7.04. The Bertz CT molecular complexity index is 470. The van der Waals surface area contributed by atoms with Gasteiger partial charge in [-0.15, -0.1) is 0 Å². The van der Waals surface area contributed by atoms with Crippen LogP contribution in [-0.4, -0.2) is 6.04 Å². The van der Waals surface area contributed by atoms with Gasteiger partial charge in [-0.05, 0) is 78.1 Å². The van der Waals surface area contributed by atoms with Crippen molar-refractivity contribution in [3.8, 4) is 0 Å². The molecule has 1 aromatic rings. The van der Waals surface area contributed by atoms with Crippen LogP contribution in [-0.2, 0) is 0 Å². The number of rotatable bonds is 3. The molecular formula is C16H21BrFN. The lowest BCUT2D eigenvalue weighted by Gasteiger charge is -2.31. The lowest BCUT2D eigenvalue weighted by molar-refractivity contribution is 0.303. The fraction of sp³-hybridized carbons (Fsp3) is 0.625. The van der Waals surface area contributed by atoms with Gasteiger partial charge in [0.1, 0.15) is 5.82 Å². The molecule has 1 aromatic carbocycles. The van der Waals surface area contributed by atoms with E-state index in [-0.39, 0.29) is 5.82 Å². The zero-order valence-corrected chi connectivity index (χ0v) is 13.0. The third-order valence-corrected chi connectivity index (χ3v) is 5.24. The van der Waals surface area contributed by atoms with Crippen molar-refractivity contribution >= 4 is 21.6 Å². The Labute approximate surface area is 123 Å². The van der Waals surface area contributed by atoms with Gasteiger partial charge in [-0.2, -0.15) is 0 Å². The highest BCUT2D eigenvalue weighted by atomic mass is 79.9. The highest BCUT2D eigenvalue weighted by Crippen LogP contribution is 2.44. The molecule has 3 rings (SSSR count). The van der Waals surface area contributed by atoms with Gasteiger partial charge in [0.25, 0.3) is 0 Å². The van der Waals surface area contributed by atoms with E-state index in [0.29, 0.717) is 10.5 Å². The van der Waals surface area contributed by atoms with Crippen LogP contribution < -0.4 is 5.32 Å². The molecule has 3 heteroatoms. The first-order valence-corrected chi connectivity index (χ1v) is 8.15. The van der Waals surface area contributed by atoms with Crippen LogP contribution in [0, 0.1) is 24.6 Å². The van der Waals surface area contributed by atoms with E-state index in [2.05, 4.69) is 21.2 Å². The normalized spacial score (nSPS) is 27.3. The van der Waals surface area contributed by atoms with Crippen molar-refractivity contribution in [1.82, 2.24) is 0 Å². The number of nitrogens with one attached hydrogen (secondary N) is 1. The lowest BCUT2D eigenvalue weighted by Crippen LogP contribution is -2.28. The van der Waals surface area contributed by atoms with Gasteiger partial charge >= 0.3 is 0 Å². The number of anilines is 1. The monoisotopic (exact) mass is 325 g/mol. The predicted octanol–water partition coefficient (Wildman–Crippen LogP) is 5.28. The topological polar surface area (TPSA) is 12.0 Å². The Morgan fingerprint density at radius 3 is 2.68 bits per heavy atom. The van der Waals surface area contributed by atoms with E-state index in [1.807, 2.05) is 13.0 Å². The van der Waals surface area contributed by atoms with Gasteiger partial charge in [0.15, 0.2) is 0 Å². The van der Waals surface area contributed by atoms with E-state index in [0.717, 1.165) is 23.1 Å². The van der Waals surface area contributed by atoms with Crippen LogP contribution in [0.15, 0.2) is 16.6 Å². The molecule has 0 aromatic heterocycles. The number of halogens is 2. The van der Waals surface area contributed by atoms with Crippen LogP contribution in [0.5, 0.6) is 0 Å². The summed E-state index contributed by atoms with van der Waals surface area (Å²) in [4.78, 5) is 0. The second kappa shape index (κ2) is 5.43. The molecule has 0 bridgehead atoms. The van der Waals surface area contributed by atoms with Gasteiger partial charge in [-0.1, -0.05) is 12.8 Å². The number of benzene rings is 1. The third-order valence-electron chi connectivity index (χ3n) is 4.63. The van der Waals surface area contributed by atoms with Crippen molar-refractivity contribution < 1.29 is 4.39 Å². The van der Waals surface area contributed by atoms with Gasteiger partial charge in [0.05, 0.1) is 4.47 Å². The molecule has 1 nitrogen and oxygen atoms in total. The zero-order chi connectivity index (χ0) is 13.4. The second-order valence-electron chi connectivity index (χ2n) is 6.19. The van der Waals surface area contributed by atoms with Crippen LogP contribution in [0.25, 0.3) is 0 Å². The summed E-state index contributed by atoms with van der Waals surface area (Å²) in [6, 6.07) is 4.05. The van der Waals surface area contributed by atoms with E-state index in [1.54, 1.807) is 6.07 Å². The first kappa shape index (κ1) is 13.4. The first-order valence-electron chi connectivity index (χ1n) is 7.35. The number of hydrogen-bond donors (Lipinski definition) is 1. The summed E-state index contributed by atoms with van der Waals surface area (Å²) in [5, 5.41) is 3.63. The van der Waals surface area contributed by atoms with Crippen LogP contribution >= 0.6 is 15.9 Å².